The molecule has 1 aromatic rings. The summed E-state index contributed by atoms with van der Waals surface area (Å²) in [5, 5.41) is 3.80. The van der Waals surface area contributed by atoms with Crippen LogP contribution in [-0.2, 0) is 14.3 Å². The number of aromatic nitrogens is 1. The van der Waals surface area contributed by atoms with Crippen molar-refractivity contribution in [1.82, 2.24) is 15.0 Å². The monoisotopic (exact) mass is 337 g/mol. The number of carbonyl (C=O) groups is 2. The highest BCUT2D eigenvalue weighted by molar-refractivity contribution is 5.92. The number of nitrogens with zero attached hydrogens (tertiary/aromatic N) is 3. The Morgan fingerprint density at radius 1 is 1.42 bits per heavy atom. The summed E-state index contributed by atoms with van der Waals surface area (Å²) >= 11 is 0. The van der Waals surface area contributed by atoms with E-state index in [0.29, 0.717) is 50.5 Å². The Kier molecular flexibility index (Phi) is 5.15. The minimum atomic E-state index is -0.139. The zero-order valence-electron chi connectivity index (χ0n) is 14.1. The predicted octanol–water partition coefficient (Wildman–Crippen LogP) is 0.461. The molecular weight excluding hydrogens is 314 g/mol. The van der Waals surface area contributed by atoms with E-state index in [4.69, 9.17) is 14.0 Å². The van der Waals surface area contributed by atoms with Gasteiger partial charge in [0.1, 0.15) is 12.4 Å². The largest absolute Gasteiger partial charge is 0.383 e. The summed E-state index contributed by atoms with van der Waals surface area (Å²) < 4.78 is 15.8. The number of aryl methyl sites for hydroxylation is 1. The molecule has 2 amide bonds. The van der Waals surface area contributed by atoms with Crippen molar-refractivity contribution in [3.05, 3.63) is 17.5 Å². The van der Waals surface area contributed by atoms with Crippen LogP contribution in [0.1, 0.15) is 29.1 Å². The van der Waals surface area contributed by atoms with Crippen LogP contribution in [0.3, 0.4) is 0 Å². The maximum Gasteiger partial charge on any atom is 0.276 e. The van der Waals surface area contributed by atoms with Gasteiger partial charge in [-0.3, -0.25) is 9.59 Å². The molecule has 132 valence electrons. The van der Waals surface area contributed by atoms with Crippen molar-refractivity contribution in [3.8, 4) is 0 Å². The van der Waals surface area contributed by atoms with E-state index in [-0.39, 0.29) is 30.6 Å². The molecule has 2 aliphatic heterocycles. The fourth-order valence-corrected chi connectivity index (χ4v) is 3.37. The third kappa shape index (κ3) is 3.44. The van der Waals surface area contributed by atoms with Gasteiger partial charge in [0, 0.05) is 32.8 Å². The molecule has 0 bridgehead atoms. The van der Waals surface area contributed by atoms with Gasteiger partial charge in [-0.25, -0.2) is 0 Å². The Morgan fingerprint density at radius 3 is 2.92 bits per heavy atom. The first kappa shape index (κ1) is 16.9. The van der Waals surface area contributed by atoms with Crippen LogP contribution in [0.25, 0.3) is 0 Å². The van der Waals surface area contributed by atoms with Crippen LogP contribution in [0.15, 0.2) is 10.6 Å². The highest BCUT2D eigenvalue weighted by atomic mass is 16.5. The molecule has 8 nitrogen and oxygen atoms in total. The Labute approximate surface area is 140 Å². The number of amides is 2. The van der Waals surface area contributed by atoms with E-state index in [2.05, 4.69) is 5.16 Å². The second-order valence-electron chi connectivity index (χ2n) is 6.19. The quantitative estimate of drug-likeness (QED) is 0.794. The van der Waals surface area contributed by atoms with Crippen molar-refractivity contribution in [2.24, 2.45) is 0 Å². The van der Waals surface area contributed by atoms with Crippen LogP contribution in [0.5, 0.6) is 0 Å². The molecule has 8 heteroatoms. The van der Waals surface area contributed by atoms with Crippen LogP contribution in [-0.4, -0.2) is 78.9 Å². The number of likely N-dealkylation sites (tertiary alicyclic amines) is 1. The number of hydrogen-bond acceptors (Lipinski definition) is 6. The predicted molar refractivity (Wildman–Crippen MR) is 83.5 cm³/mol. The Balaban J connectivity index is 1.69. The second-order valence-corrected chi connectivity index (χ2v) is 6.19. The van der Waals surface area contributed by atoms with E-state index in [1.165, 1.54) is 0 Å². The summed E-state index contributed by atoms with van der Waals surface area (Å²) in [6, 6.07) is 1.63. The highest BCUT2D eigenvalue weighted by Gasteiger charge is 2.39. The van der Waals surface area contributed by atoms with E-state index in [9.17, 15) is 9.59 Å². The lowest BCUT2D eigenvalue weighted by atomic mass is 10.0. The zero-order valence-corrected chi connectivity index (χ0v) is 14.1. The molecule has 3 rings (SSSR count). The average Bonchev–Trinajstić information content (AvgIpc) is 2.89. The number of rotatable bonds is 4. The minimum absolute atomic E-state index is 0.0137. The van der Waals surface area contributed by atoms with Crippen molar-refractivity contribution in [3.63, 3.8) is 0 Å². The fraction of sp³-hybridized carbons (Fsp3) is 0.688. The van der Waals surface area contributed by atoms with Crippen molar-refractivity contribution >= 4 is 11.8 Å². The number of methoxy groups -OCH3 is 1. The summed E-state index contributed by atoms with van der Waals surface area (Å²) in [4.78, 5) is 28.3. The molecule has 2 aliphatic rings. The van der Waals surface area contributed by atoms with Gasteiger partial charge >= 0.3 is 0 Å². The molecule has 24 heavy (non-hydrogen) atoms. The maximum absolute atomic E-state index is 12.6. The third-order valence-corrected chi connectivity index (χ3v) is 4.62. The zero-order chi connectivity index (χ0) is 17.1. The summed E-state index contributed by atoms with van der Waals surface area (Å²) in [6.45, 7) is 4.05. The highest BCUT2D eigenvalue weighted by Crippen LogP contribution is 2.25. The molecule has 0 saturated carbocycles. The van der Waals surface area contributed by atoms with Gasteiger partial charge in [0.2, 0.25) is 5.91 Å². The van der Waals surface area contributed by atoms with Gasteiger partial charge in [-0.1, -0.05) is 5.16 Å². The summed E-state index contributed by atoms with van der Waals surface area (Å²) in [7, 11) is 1.62. The lowest BCUT2D eigenvalue weighted by molar-refractivity contribution is -0.158. The summed E-state index contributed by atoms with van der Waals surface area (Å²) in [6.07, 6.45) is 1.34. The summed E-state index contributed by atoms with van der Waals surface area (Å²) in [5.41, 5.74) is 0.325. The van der Waals surface area contributed by atoms with Crippen LogP contribution in [0, 0.1) is 6.92 Å². The molecular formula is C16H23N3O5. The first-order valence-electron chi connectivity index (χ1n) is 8.22. The first-order chi connectivity index (χ1) is 11.6. The van der Waals surface area contributed by atoms with Crippen LogP contribution in [0.4, 0.5) is 0 Å². The number of carbonyl (C=O) groups excluding carboxylic acids is 2. The molecule has 2 fully saturated rings. The summed E-state index contributed by atoms with van der Waals surface area (Å²) in [5.74, 6) is 0.460. The van der Waals surface area contributed by atoms with Gasteiger partial charge in [-0.05, 0) is 19.8 Å². The van der Waals surface area contributed by atoms with Crippen molar-refractivity contribution < 1.29 is 23.6 Å². The molecule has 1 aromatic heterocycles. The molecule has 0 unspecified atom stereocenters. The standard InChI is InChI=1S/C16H23N3O5/c1-11-9-12(17-24-11)16(21)18-5-3-13-14(4-6-18)23-10-15(20)19(13)7-8-22-2/h9,13-14H,3-8,10H2,1-2H3/t13-,14-/m0/s1. The molecule has 2 saturated heterocycles. The molecule has 0 aliphatic carbocycles. The maximum atomic E-state index is 12.6. The SMILES string of the molecule is COCCN1C(=O)CO[C@H]2CCN(C(=O)c3cc(C)on3)CC[C@@H]21. The smallest absolute Gasteiger partial charge is 0.276 e. The average molecular weight is 337 g/mol. The number of hydrogen-bond donors (Lipinski definition) is 0. The Hall–Kier alpha value is -1.93. The molecule has 0 radical (unpaired) electrons. The van der Waals surface area contributed by atoms with Gasteiger partial charge in [-0.15, -0.1) is 0 Å². The number of ether oxygens (including phenoxy) is 2. The molecule has 0 N–H and O–H groups in total. The van der Waals surface area contributed by atoms with E-state index in [1.54, 1.807) is 25.0 Å². The number of morpholine rings is 1. The lowest BCUT2D eigenvalue weighted by Crippen LogP contribution is -2.55. The van der Waals surface area contributed by atoms with E-state index < -0.39 is 0 Å². The van der Waals surface area contributed by atoms with Crippen molar-refractivity contribution in [1.29, 1.82) is 0 Å². The first-order valence-corrected chi connectivity index (χ1v) is 8.22. The van der Waals surface area contributed by atoms with E-state index in [0.717, 1.165) is 0 Å². The minimum Gasteiger partial charge on any atom is -0.383 e. The van der Waals surface area contributed by atoms with Gasteiger partial charge in [-0.2, -0.15) is 0 Å². The second kappa shape index (κ2) is 7.31. The van der Waals surface area contributed by atoms with Gasteiger partial charge in [0.05, 0.1) is 18.8 Å². The molecule has 0 spiro atoms. The van der Waals surface area contributed by atoms with Gasteiger partial charge in [0.15, 0.2) is 5.69 Å². The van der Waals surface area contributed by atoms with E-state index in [1.807, 2.05) is 4.90 Å². The van der Waals surface area contributed by atoms with Crippen molar-refractivity contribution in [2.75, 3.05) is 40.0 Å². The molecule has 3 heterocycles. The molecule has 2 atom stereocenters. The normalized spacial score (nSPS) is 24.7. The topological polar surface area (TPSA) is 85.1 Å². The third-order valence-electron chi connectivity index (χ3n) is 4.62. The van der Waals surface area contributed by atoms with Crippen LogP contribution < -0.4 is 0 Å². The van der Waals surface area contributed by atoms with Gasteiger partial charge < -0.3 is 23.8 Å². The Bertz CT molecular complexity index is 602. The fourth-order valence-electron chi connectivity index (χ4n) is 3.37. The number of fused-ring (bicyclic) bond motifs is 1. The van der Waals surface area contributed by atoms with Crippen LogP contribution in [0.2, 0.25) is 0 Å². The lowest BCUT2D eigenvalue weighted by Gasteiger charge is -2.40. The molecule has 0 aromatic carbocycles. The van der Waals surface area contributed by atoms with E-state index >= 15 is 0 Å². The van der Waals surface area contributed by atoms with Crippen molar-refractivity contribution in [2.45, 2.75) is 31.9 Å². The Morgan fingerprint density at radius 2 is 2.21 bits per heavy atom. The van der Waals surface area contributed by atoms with Gasteiger partial charge in [0.25, 0.3) is 5.91 Å². The van der Waals surface area contributed by atoms with Crippen LogP contribution >= 0.6 is 0 Å².